The highest BCUT2D eigenvalue weighted by Crippen LogP contribution is 2.48. The summed E-state index contributed by atoms with van der Waals surface area (Å²) in [6, 6.07) is 6.76. The molecule has 1 aromatic rings. The van der Waals surface area contributed by atoms with Crippen LogP contribution in [0.3, 0.4) is 0 Å². The van der Waals surface area contributed by atoms with E-state index in [9.17, 15) is 9.18 Å². The second-order valence-electron chi connectivity index (χ2n) is 8.08. The predicted octanol–water partition coefficient (Wildman–Crippen LogP) is 4.26. The van der Waals surface area contributed by atoms with Crippen molar-refractivity contribution < 1.29 is 9.18 Å². The van der Waals surface area contributed by atoms with E-state index in [1.165, 1.54) is 6.07 Å². The minimum atomic E-state index is -0.238. The molecule has 1 N–H and O–H groups in total. The Morgan fingerprint density at radius 3 is 2.43 bits per heavy atom. The molecule has 2 atom stereocenters. The maximum atomic E-state index is 13.7. The van der Waals surface area contributed by atoms with Crippen LogP contribution in [-0.4, -0.2) is 11.4 Å². The maximum Gasteiger partial charge on any atom is 0.224 e. The van der Waals surface area contributed by atoms with Crippen LogP contribution in [0.4, 0.5) is 4.39 Å². The third-order valence-electron chi connectivity index (χ3n) is 3.87. The summed E-state index contributed by atoms with van der Waals surface area (Å²) in [5, 5.41) is 3.13. The molecule has 1 aromatic carbocycles. The van der Waals surface area contributed by atoms with E-state index in [0.717, 1.165) is 12.8 Å². The molecule has 0 aliphatic heterocycles. The van der Waals surface area contributed by atoms with Gasteiger partial charge in [-0.15, -0.1) is 0 Å². The minimum absolute atomic E-state index is 0.0386. The number of rotatable bonds is 4. The Labute approximate surface area is 127 Å². The molecule has 1 aliphatic rings. The zero-order valence-corrected chi connectivity index (χ0v) is 13.7. The standard InChI is InChI=1S/C18H26FNO/c1-17(2,3)11-18(4,5)20-16(21)14-10-13(14)12-8-6-7-9-15(12)19/h6-9,13-14H,10-11H2,1-5H3,(H,20,21). The number of carbonyl (C=O) groups is 1. The highest BCUT2D eigenvalue weighted by atomic mass is 19.1. The first kappa shape index (κ1) is 16.0. The van der Waals surface area contributed by atoms with Crippen LogP contribution >= 0.6 is 0 Å². The molecule has 0 saturated heterocycles. The number of amides is 1. The Bertz CT molecular complexity index is 530. The topological polar surface area (TPSA) is 29.1 Å². The van der Waals surface area contributed by atoms with E-state index in [2.05, 4.69) is 39.9 Å². The van der Waals surface area contributed by atoms with Crippen LogP contribution in [0, 0.1) is 17.2 Å². The second kappa shape index (κ2) is 5.43. The SMILES string of the molecule is CC(C)(C)CC(C)(C)NC(=O)C1CC1c1ccccc1F. The van der Waals surface area contributed by atoms with Gasteiger partial charge in [-0.2, -0.15) is 0 Å². The summed E-state index contributed by atoms with van der Waals surface area (Å²) in [6.45, 7) is 10.6. The van der Waals surface area contributed by atoms with Gasteiger partial charge in [0.05, 0.1) is 0 Å². The van der Waals surface area contributed by atoms with Crippen molar-refractivity contribution >= 4 is 5.91 Å². The lowest BCUT2D eigenvalue weighted by Crippen LogP contribution is -2.46. The minimum Gasteiger partial charge on any atom is -0.351 e. The molecule has 0 bridgehead atoms. The van der Waals surface area contributed by atoms with Crippen LogP contribution in [-0.2, 0) is 4.79 Å². The Hall–Kier alpha value is -1.38. The molecule has 1 amide bonds. The van der Waals surface area contributed by atoms with Gasteiger partial charge in [-0.1, -0.05) is 39.0 Å². The molecule has 1 aliphatic carbocycles. The molecule has 2 unspecified atom stereocenters. The van der Waals surface area contributed by atoms with Crippen LogP contribution in [0.15, 0.2) is 24.3 Å². The predicted molar refractivity (Wildman–Crippen MR) is 83.5 cm³/mol. The lowest BCUT2D eigenvalue weighted by molar-refractivity contribution is -0.124. The summed E-state index contributed by atoms with van der Waals surface area (Å²) in [5.41, 5.74) is 0.592. The van der Waals surface area contributed by atoms with Gasteiger partial charge in [0.2, 0.25) is 5.91 Å². The summed E-state index contributed by atoms with van der Waals surface area (Å²) < 4.78 is 13.7. The number of hydrogen-bond donors (Lipinski definition) is 1. The molecular formula is C18H26FNO. The lowest BCUT2D eigenvalue weighted by Gasteiger charge is -2.33. The third-order valence-corrected chi connectivity index (χ3v) is 3.87. The number of hydrogen-bond acceptors (Lipinski definition) is 1. The van der Waals surface area contributed by atoms with Gasteiger partial charge in [-0.3, -0.25) is 4.79 Å². The Kier molecular flexibility index (Phi) is 4.14. The largest absolute Gasteiger partial charge is 0.351 e. The first-order valence-corrected chi connectivity index (χ1v) is 7.65. The molecule has 3 heteroatoms. The van der Waals surface area contributed by atoms with Gasteiger partial charge in [0.15, 0.2) is 0 Å². The molecule has 116 valence electrons. The van der Waals surface area contributed by atoms with E-state index < -0.39 is 0 Å². The molecule has 2 rings (SSSR count). The van der Waals surface area contributed by atoms with E-state index in [-0.39, 0.29) is 34.5 Å². The molecular weight excluding hydrogens is 265 g/mol. The first-order valence-electron chi connectivity index (χ1n) is 7.65. The van der Waals surface area contributed by atoms with E-state index >= 15 is 0 Å². The Morgan fingerprint density at radius 2 is 1.86 bits per heavy atom. The zero-order valence-electron chi connectivity index (χ0n) is 13.7. The van der Waals surface area contributed by atoms with Gasteiger partial charge in [-0.05, 0) is 49.7 Å². The molecule has 1 saturated carbocycles. The molecule has 0 spiro atoms. The smallest absolute Gasteiger partial charge is 0.224 e. The quantitative estimate of drug-likeness (QED) is 0.882. The summed E-state index contributed by atoms with van der Waals surface area (Å²) >= 11 is 0. The second-order valence-corrected chi connectivity index (χ2v) is 8.08. The fourth-order valence-corrected chi connectivity index (χ4v) is 3.40. The van der Waals surface area contributed by atoms with E-state index in [0.29, 0.717) is 5.56 Å². The van der Waals surface area contributed by atoms with Crippen molar-refractivity contribution in [1.82, 2.24) is 5.32 Å². The molecule has 0 radical (unpaired) electrons. The van der Waals surface area contributed by atoms with E-state index in [1.807, 2.05) is 6.07 Å². The van der Waals surface area contributed by atoms with Gasteiger partial charge in [0.25, 0.3) is 0 Å². The van der Waals surface area contributed by atoms with Gasteiger partial charge in [0, 0.05) is 11.5 Å². The van der Waals surface area contributed by atoms with Crippen molar-refractivity contribution in [3.8, 4) is 0 Å². The molecule has 0 heterocycles. The summed E-state index contributed by atoms with van der Waals surface area (Å²) in [4.78, 5) is 12.4. The van der Waals surface area contributed by atoms with Crippen LogP contribution < -0.4 is 5.32 Å². The highest BCUT2D eigenvalue weighted by Gasteiger charge is 2.46. The van der Waals surface area contributed by atoms with Crippen molar-refractivity contribution in [3.05, 3.63) is 35.6 Å². The zero-order chi connectivity index (χ0) is 15.8. The number of carbonyl (C=O) groups excluding carboxylic acids is 1. The number of halogens is 1. The van der Waals surface area contributed by atoms with Crippen molar-refractivity contribution in [2.24, 2.45) is 11.3 Å². The summed E-state index contributed by atoms with van der Waals surface area (Å²) in [7, 11) is 0. The molecule has 1 fully saturated rings. The molecule has 2 nitrogen and oxygen atoms in total. The van der Waals surface area contributed by atoms with E-state index in [4.69, 9.17) is 0 Å². The highest BCUT2D eigenvalue weighted by molar-refractivity contribution is 5.83. The first-order chi connectivity index (χ1) is 9.59. The van der Waals surface area contributed by atoms with E-state index in [1.54, 1.807) is 12.1 Å². The van der Waals surface area contributed by atoms with Crippen molar-refractivity contribution in [2.75, 3.05) is 0 Å². The fraction of sp³-hybridized carbons (Fsp3) is 0.611. The normalized spacial score (nSPS) is 22.0. The fourth-order valence-electron chi connectivity index (χ4n) is 3.40. The molecule has 0 aromatic heterocycles. The number of benzene rings is 1. The average Bonchev–Trinajstić information content (AvgIpc) is 3.05. The maximum absolute atomic E-state index is 13.7. The van der Waals surface area contributed by atoms with Crippen molar-refractivity contribution in [3.63, 3.8) is 0 Å². The number of nitrogens with one attached hydrogen (secondary N) is 1. The molecule has 21 heavy (non-hydrogen) atoms. The van der Waals surface area contributed by atoms with Crippen LogP contribution in [0.1, 0.15) is 58.9 Å². The van der Waals surface area contributed by atoms with Crippen LogP contribution in [0.2, 0.25) is 0 Å². The van der Waals surface area contributed by atoms with Crippen LogP contribution in [0.25, 0.3) is 0 Å². The van der Waals surface area contributed by atoms with Gasteiger partial charge >= 0.3 is 0 Å². The monoisotopic (exact) mass is 291 g/mol. The average molecular weight is 291 g/mol. The van der Waals surface area contributed by atoms with Crippen LogP contribution in [0.5, 0.6) is 0 Å². The Balaban J connectivity index is 1.96. The van der Waals surface area contributed by atoms with Gasteiger partial charge in [0.1, 0.15) is 5.82 Å². The van der Waals surface area contributed by atoms with Crippen molar-refractivity contribution in [2.45, 2.75) is 58.9 Å². The van der Waals surface area contributed by atoms with Crippen molar-refractivity contribution in [1.29, 1.82) is 0 Å². The third kappa shape index (κ3) is 4.29. The summed E-state index contributed by atoms with van der Waals surface area (Å²) in [6.07, 6.45) is 1.65. The summed E-state index contributed by atoms with van der Waals surface area (Å²) in [5.74, 6) is -0.193. The lowest BCUT2D eigenvalue weighted by atomic mass is 9.81. The van der Waals surface area contributed by atoms with Gasteiger partial charge in [-0.25, -0.2) is 4.39 Å². The Morgan fingerprint density at radius 1 is 1.24 bits per heavy atom. The van der Waals surface area contributed by atoms with Gasteiger partial charge < -0.3 is 5.32 Å².